The van der Waals surface area contributed by atoms with Gasteiger partial charge in [0.2, 0.25) is 0 Å². The van der Waals surface area contributed by atoms with Crippen molar-refractivity contribution in [2.24, 2.45) is 0 Å². The van der Waals surface area contributed by atoms with Crippen LogP contribution in [0.15, 0.2) is 0 Å². The van der Waals surface area contributed by atoms with Gasteiger partial charge in [0.15, 0.2) is 0 Å². The fourth-order valence-electron chi connectivity index (χ4n) is 0. The molecule has 4 heavy (non-hydrogen) atoms. The fourth-order valence-corrected chi connectivity index (χ4v) is 0. The molecule has 0 spiro atoms. The minimum atomic E-state index is 0. The Balaban J connectivity index is 0. The van der Waals surface area contributed by atoms with E-state index >= 15 is 0 Å². The van der Waals surface area contributed by atoms with Gasteiger partial charge in [-0.05, 0) is 0 Å². The molecule has 0 nitrogen and oxygen atoms in total. The van der Waals surface area contributed by atoms with Gasteiger partial charge in [-0.25, -0.2) is 0 Å². The molecule has 0 atom stereocenters. The first-order valence-electron chi connectivity index (χ1n) is 0. The fraction of sp³-hybridized carbons (Fsp3) is 0. The Morgan fingerprint density at radius 1 is 0.750 bits per heavy atom. The van der Waals surface area contributed by atoms with Crippen molar-refractivity contribution < 1.29 is 0 Å². The predicted octanol–water partition coefficient (Wildman–Crippen LogP) is -3.93. The van der Waals surface area contributed by atoms with Gasteiger partial charge < -0.3 is 0 Å². The Morgan fingerprint density at radius 3 is 0.750 bits per heavy atom. The topological polar surface area (TPSA) is 0 Å². The maximum atomic E-state index is 0. The van der Waals surface area contributed by atoms with E-state index in [-0.39, 0.29) is 96.2 Å². The monoisotopic (exact) mass is 386 g/mol. The molecule has 0 bridgehead atoms. The molecule has 22 valence electrons. The SMILES string of the molecule is [BiH3].[MgH2].[MgH2].[SnH2]. The molecule has 0 saturated carbocycles. The third-order valence-corrected chi connectivity index (χ3v) is 0. The molecule has 0 aliphatic carbocycles. The molecule has 0 aromatic heterocycles. The standard InChI is InChI=1S/Bi.2Mg.Sn.9H. The molecule has 0 rings (SSSR count). The summed E-state index contributed by atoms with van der Waals surface area (Å²) in [7, 11) is 0. The van der Waals surface area contributed by atoms with E-state index in [4.69, 9.17) is 0 Å². The maximum absolute atomic E-state index is 0. The number of rotatable bonds is 0. The Hall–Kier alpha value is 3.21. The zero-order valence-electron chi connectivity index (χ0n) is 1.41. The summed E-state index contributed by atoms with van der Waals surface area (Å²) in [5.41, 5.74) is 0. The Kier molecular flexibility index (Phi) is 110. The van der Waals surface area contributed by atoms with Crippen molar-refractivity contribution in [2.75, 3.05) is 0 Å². The third kappa shape index (κ3) is 8.96. The van der Waals surface area contributed by atoms with Crippen molar-refractivity contribution in [3.63, 3.8) is 0 Å². The summed E-state index contributed by atoms with van der Waals surface area (Å²) >= 11 is 0. The second kappa shape index (κ2) is 16.4. The van der Waals surface area contributed by atoms with E-state index in [0.717, 1.165) is 0 Å². The van der Waals surface area contributed by atoms with Crippen LogP contribution in [-0.2, 0) is 0 Å². The molecule has 0 aliphatic rings. The van der Waals surface area contributed by atoms with Crippen molar-refractivity contribution >= 4 is 96.2 Å². The predicted molar refractivity (Wildman–Crippen MR) is 35.6 cm³/mol. The van der Waals surface area contributed by atoms with Gasteiger partial charge in [-0.3, -0.25) is 0 Å². The van der Waals surface area contributed by atoms with Crippen molar-refractivity contribution in [3.8, 4) is 0 Å². The molecule has 0 aromatic carbocycles. The van der Waals surface area contributed by atoms with Crippen LogP contribution in [0.3, 0.4) is 0 Å². The quantitative estimate of drug-likeness (QED) is 0.374. The zero-order chi connectivity index (χ0) is 0. The van der Waals surface area contributed by atoms with Crippen molar-refractivity contribution in [3.05, 3.63) is 0 Å². The van der Waals surface area contributed by atoms with E-state index in [0.29, 0.717) is 0 Å². The van der Waals surface area contributed by atoms with Crippen LogP contribution in [-0.4, -0.2) is 96.2 Å². The normalized spacial score (nSPS) is 0. The molecule has 0 aromatic rings. The van der Waals surface area contributed by atoms with Crippen LogP contribution in [0.5, 0.6) is 0 Å². The van der Waals surface area contributed by atoms with Gasteiger partial charge in [0.05, 0.1) is 0 Å². The van der Waals surface area contributed by atoms with Crippen LogP contribution < -0.4 is 0 Å². The van der Waals surface area contributed by atoms with Crippen molar-refractivity contribution in [1.82, 2.24) is 0 Å². The molecule has 0 fully saturated rings. The Bertz CT molecular complexity index is 6.00. The molecule has 0 unspecified atom stereocenters. The second-order valence-corrected chi connectivity index (χ2v) is 0. The van der Waals surface area contributed by atoms with Crippen molar-refractivity contribution in [2.45, 2.75) is 0 Å². The summed E-state index contributed by atoms with van der Waals surface area (Å²) in [5, 5.41) is 0. The summed E-state index contributed by atoms with van der Waals surface area (Å²) in [4.78, 5) is 0. The molecule has 0 N–H and O–H groups in total. The Morgan fingerprint density at radius 2 is 0.750 bits per heavy atom. The van der Waals surface area contributed by atoms with Gasteiger partial charge in [0.25, 0.3) is 0 Å². The average Bonchev–Trinajstić information content (AvgIpc) is 0. The van der Waals surface area contributed by atoms with Crippen molar-refractivity contribution in [1.29, 1.82) is 0 Å². The van der Waals surface area contributed by atoms with Crippen LogP contribution in [0.25, 0.3) is 0 Å². The van der Waals surface area contributed by atoms with Gasteiger partial charge >= 0.3 is 96.2 Å². The van der Waals surface area contributed by atoms with E-state index in [1.54, 1.807) is 0 Å². The van der Waals surface area contributed by atoms with Gasteiger partial charge in [-0.1, -0.05) is 0 Å². The summed E-state index contributed by atoms with van der Waals surface area (Å²) in [6, 6.07) is 0. The van der Waals surface area contributed by atoms with Crippen LogP contribution in [0.4, 0.5) is 0 Å². The summed E-state index contributed by atoms with van der Waals surface area (Å²) in [5.74, 6) is 0. The third-order valence-electron chi connectivity index (χ3n) is 0. The Labute approximate surface area is 94.2 Å². The van der Waals surface area contributed by atoms with Crippen LogP contribution in [0.2, 0.25) is 0 Å². The van der Waals surface area contributed by atoms with E-state index in [1.807, 2.05) is 0 Å². The molecule has 0 amide bonds. The molecule has 0 aliphatic heterocycles. The van der Waals surface area contributed by atoms with Gasteiger partial charge in [-0.2, -0.15) is 0 Å². The van der Waals surface area contributed by atoms with Gasteiger partial charge in [0.1, 0.15) is 0 Å². The minimum absolute atomic E-state index is 0. The molecular formula is H9BiMg2Sn. The first kappa shape index (κ1) is 27.0. The first-order valence-corrected chi connectivity index (χ1v) is 0. The molecule has 2 radical (unpaired) electrons. The molecule has 4 heteroatoms. The second-order valence-electron chi connectivity index (χ2n) is 0. The van der Waals surface area contributed by atoms with E-state index in [1.165, 1.54) is 0 Å². The van der Waals surface area contributed by atoms with Gasteiger partial charge in [0, 0.05) is 0 Å². The zero-order valence-corrected chi connectivity index (χ0v) is 10.9. The summed E-state index contributed by atoms with van der Waals surface area (Å²) in [6.45, 7) is 0. The number of hydrogen-bond donors (Lipinski definition) is 0. The first-order chi connectivity index (χ1) is 0. The van der Waals surface area contributed by atoms with E-state index in [2.05, 4.69) is 0 Å². The number of hydrogen-bond acceptors (Lipinski definition) is 0. The molecular weight excluding hydrogens is 376 g/mol. The van der Waals surface area contributed by atoms with Crippen LogP contribution in [0.1, 0.15) is 0 Å². The van der Waals surface area contributed by atoms with E-state index in [9.17, 15) is 0 Å². The average molecular weight is 385 g/mol. The van der Waals surface area contributed by atoms with Crippen LogP contribution in [0, 0.1) is 0 Å². The summed E-state index contributed by atoms with van der Waals surface area (Å²) < 4.78 is 0. The summed E-state index contributed by atoms with van der Waals surface area (Å²) in [6.07, 6.45) is 0. The van der Waals surface area contributed by atoms with E-state index < -0.39 is 0 Å². The molecule has 0 saturated heterocycles. The van der Waals surface area contributed by atoms with Gasteiger partial charge in [-0.15, -0.1) is 0 Å². The van der Waals surface area contributed by atoms with Crippen LogP contribution >= 0.6 is 0 Å². The molecule has 0 heterocycles.